The van der Waals surface area contributed by atoms with Crippen molar-refractivity contribution < 1.29 is 4.74 Å². The molecule has 0 saturated heterocycles. The van der Waals surface area contributed by atoms with E-state index >= 15 is 0 Å². The van der Waals surface area contributed by atoms with Gasteiger partial charge < -0.3 is 15.4 Å². The number of thiocarbonyl (C=S) groups is 1. The molecule has 1 aromatic heterocycles. The number of anilines is 2. The van der Waals surface area contributed by atoms with Crippen molar-refractivity contribution >= 4 is 52.0 Å². The predicted octanol–water partition coefficient (Wildman–Crippen LogP) is 5.36. The van der Waals surface area contributed by atoms with E-state index in [9.17, 15) is 0 Å². The van der Waals surface area contributed by atoms with Gasteiger partial charge in [-0.3, -0.25) is 4.68 Å². The maximum absolute atomic E-state index is 6.22. The topological polar surface area (TPSA) is 51.1 Å². The Morgan fingerprint density at radius 2 is 1.96 bits per heavy atom. The molecule has 0 atom stereocenters. The first-order valence-electron chi connectivity index (χ1n) is 8.14. The molecular weight excluding hydrogens is 403 g/mol. The van der Waals surface area contributed by atoms with E-state index in [1.165, 1.54) is 0 Å². The molecule has 0 spiro atoms. The summed E-state index contributed by atoms with van der Waals surface area (Å²) >= 11 is 17.5. The summed E-state index contributed by atoms with van der Waals surface area (Å²) in [6.07, 6.45) is 1.85. The second-order valence-corrected chi connectivity index (χ2v) is 7.17. The molecule has 5 nitrogen and oxygen atoms in total. The van der Waals surface area contributed by atoms with Gasteiger partial charge in [0.2, 0.25) is 0 Å². The van der Waals surface area contributed by atoms with Gasteiger partial charge in [0.25, 0.3) is 0 Å². The molecule has 0 aliphatic heterocycles. The summed E-state index contributed by atoms with van der Waals surface area (Å²) in [4.78, 5) is 0. The normalized spacial score (nSPS) is 10.5. The van der Waals surface area contributed by atoms with Crippen molar-refractivity contribution in [2.45, 2.75) is 13.5 Å². The Morgan fingerprint density at radius 1 is 1.15 bits per heavy atom. The predicted molar refractivity (Wildman–Crippen MR) is 115 cm³/mol. The Bertz CT molecular complexity index is 974. The zero-order chi connectivity index (χ0) is 19.4. The standard InChI is InChI=1S/C19H18Cl2N4OS/c1-12-3-6-17(26-2)16(9-12)22-19(27)23-18-7-8-25(24-18)11-13-4-5-14(20)10-15(13)21/h3-10H,11H2,1-2H3,(H2,22,23,24,27). The minimum absolute atomic E-state index is 0.425. The van der Waals surface area contributed by atoms with Crippen LogP contribution < -0.4 is 15.4 Å². The molecular formula is C19H18Cl2N4OS. The third-order valence-electron chi connectivity index (χ3n) is 3.83. The fourth-order valence-corrected chi connectivity index (χ4v) is 3.21. The van der Waals surface area contributed by atoms with Gasteiger partial charge >= 0.3 is 0 Å². The van der Waals surface area contributed by atoms with Crippen molar-refractivity contribution in [2.75, 3.05) is 17.7 Å². The lowest BCUT2D eigenvalue weighted by Gasteiger charge is -2.13. The van der Waals surface area contributed by atoms with E-state index in [-0.39, 0.29) is 0 Å². The summed E-state index contributed by atoms with van der Waals surface area (Å²) < 4.78 is 7.12. The van der Waals surface area contributed by atoms with Crippen LogP contribution >= 0.6 is 35.4 Å². The minimum Gasteiger partial charge on any atom is -0.495 e. The molecule has 0 bridgehead atoms. The largest absolute Gasteiger partial charge is 0.495 e. The Balaban J connectivity index is 1.65. The highest BCUT2D eigenvalue weighted by atomic mass is 35.5. The second-order valence-electron chi connectivity index (χ2n) is 5.92. The quantitative estimate of drug-likeness (QED) is 0.543. The third kappa shape index (κ3) is 5.13. The molecule has 0 aliphatic rings. The molecule has 0 unspecified atom stereocenters. The van der Waals surface area contributed by atoms with Crippen molar-refractivity contribution in [3.05, 3.63) is 69.8 Å². The van der Waals surface area contributed by atoms with Gasteiger partial charge in [-0.2, -0.15) is 5.10 Å². The fraction of sp³-hybridized carbons (Fsp3) is 0.158. The Kier molecular flexibility index (Phi) is 6.21. The highest BCUT2D eigenvalue weighted by Gasteiger charge is 2.08. The molecule has 140 valence electrons. The average molecular weight is 421 g/mol. The minimum atomic E-state index is 0.425. The number of nitrogens with zero attached hydrogens (tertiary/aromatic N) is 2. The van der Waals surface area contributed by atoms with E-state index in [4.69, 9.17) is 40.2 Å². The van der Waals surface area contributed by atoms with Crippen molar-refractivity contribution in [1.29, 1.82) is 0 Å². The van der Waals surface area contributed by atoms with Crippen LogP contribution in [0.15, 0.2) is 48.7 Å². The number of aryl methyl sites for hydroxylation is 1. The summed E-state index contributed by atoms with van der Waals surface area (Å²) in [5.41, 5.74) is 2.83. The zero-order valence-electron chi connectivity index (χ0n) is 14.8. The van der Waals surface area contributed by atoms with E-state index in [0.717, 1.165) is 16.8 Å². The average Bonchev–Trinajstić information content (AvgIpc) is 3.04. The van der Waals surface area contributed by atoms with Gasteiger partial charge in [-0.05, 0) is 54.5 Å². The number of hydrogen-bond acceptors (Lipinski definition) is 3. The number of rotatable bonds is 5. The summed E-state index contributed by atoms with van der Waals surface area (Å²) in [6.45, 7) is 2.54. The van der Waals surface area contributed by atoms with Crippen LogP contribution in [0, 0.1) is 6.92 Å². The van der Waals surface area contributed by atoms with Gasteiger partial charge in [0.15, 0.2) is 10.9 Å². The molecule has 3 aromatic rings. The van der Waals surface area contributed by atoms with Crippen LogP contribution in [0.2, 0.25) is 10.0 Å². The number of methoxy groups -OCH3 is 1. The van der Waals surface area contributed by atoms with Crippen molar-refractivity contribution in [2.24, 2.45) is 0 Å². The van der Waals surface area contributed by atoms with Crippen LogP contribution in [0.1, 0.15) is 11.1 Å². The van der Waals surface area contributed by atoms with Gasteiger partial charge in [0.1, 0.15) is 5.75 Å². The van der Waals surface area contributed by atoms with Gasteiger partial charge in [-0.1, -0.05) is 35.3 Å². The molecule has 0 saturated carbocycles. The van der Waals surface area contributed by atoms with Gasteiger partial charge in [-0.25, -0.2) is 0 Å². The van der Waals surface area contributed by atoms with Crippen LogP contribution in [0.25, 0.3) is 0 Å². The van der Waals surface area contributed by atoms with Crippen LogP contribution in [0.4, 0.5) is 11.5 Å². The number of ether oxygens (including phenoxy) is 1. The first-order valence-corrected chi connectivity index (χ1v) is 9.31. The van der Waals surface area contributed by atoms with Crippen molar-refractivity contribution in [3.8, 4) is 5.75 Å². The molecule has 2 N–H and O–H groups in total. The monoisotopic (exact) mass is 420 g/mol. The molecule has 0 radical (unpaired) electrons. The lowest BCUT2D eigenvalue weighted by atomic mass is 10.2. The Morgan fingerprint density at radius 3 is 2.70 bits per heavy atom. The highest BCUT2D eigenvalue weighted by Crippen LogP contribution is 2.25. The SMILES string of the molecule is COc1ccc(C)cc1NC(=S)Nc1ccn(Cc2ccc(Cl)cc2Cl)n1. The van der Waals surface area contributed by atoms with Crippen molar-refractivity contribution in [3.63, 3.8) is 0 Å². The van der Waals surface area contributed by atoms with Crippen LogP contribution in [-0.4, -0.2) is 22.0 Å². The lowest BCUT2D eigenvalue weighted by Crippen LogP contribution is -2.20. The molecule has 0 fully saturated rings. The summed E-state index contributed by atoms with van der Waals surface area (Å²) in [5.74, 6) is 1.34. The lowest BCUT2D eigenvalue weighted by molar-refractivity contribution is 0.417. The number of hydrogen-bond donors (Lipinski definition) is 2. The van der Waals surface area contributed by atoms with E-state index in [1.807, 2.05) is 43.5 Å². The Hall–Kier alpha value is -2.28. The van der Waals surface area contributed by atoms with Crippen LogP contribution in [0.3, 0.4) is 0 Å². The molecule has 0 amide bonds. The van der Waals surface area contributed by atoms with Crippen LogP contribution in [0.5, 0.6) is 5.75 Å². The second kappa shape index (κ2) is 8.61. The summed E-state index contributed by atoms with van der Waals surface area (Å²) in [6, 6.07) is 13.1. The van der Waals surface area contributed by atoms with Crippen molar-refractivity contribution in [1.82, 2.24) is 9.78 Å². The molecule has 3 rings (SSSR count). The first kappa shape index (κ1) is 19.5. The zero-order valence-corrected chi connectivity index (χ0v) is 17.1. The third-order valence-corrected chi connectivity index (χ3v) is 4.62. The Labute approximate surface area is 173 Å². The number of aromatic nitrogens is 2. The smallest absolute Gasteiger partial charge is 0.176 e. The van der Waals surface area contributed by atoms with E-state index in [1.54, 1.807) is 23.9 Å². The first-order chi connectivity index (χ1) is 12.9. The van der Waals surface area contributed by atoms with E-state index in [2.05, 4.69) is 15.7 Å². The molecule has 2 aromatic carbocycles. The van der Waals surface area contributed by atoms with Gasteiger partial charge in [0, 0.05) is 22.3 Å². The van der Waals surface area contributed by atoms with Crippen LogP contribution in [-0.2, 0) is 6.54 Å². The number of benzene rings is 2. The highest BCUT2D eigenvalue weighted by molar-refractivity contribution is 7.80. The summed E-state index contributed by atoms with van der Waals surface area (Å²) in [7, 11) is 1.62. The fourth-order valence-electron chi connectivity index (χ4n) is 2.53. The van der Waals surface area contributed by atoms with E-state index in [0.29, 0.717) is 33.3 Å². The molecule has 8 heteroatoms. The van der Waals surface area contributed by atoms with Gasteiger partial charge in [0.05, 0.1) is 19.3 Å². The molecule has 1 heterocycles. The van der Waals surface area contributed by atoms with E-state index < -0.39 is 0 Å². The van der Waals surface area contributed by atoms with Gasteiger partial charge in [-0.15, -0.1) is 0 Å². The summed E-state index contributed by atoms with van der Waals surface area (Å²) in [5, 5.41) is 12.3. The maximum atomic E-state index is 6.22. The molecule has 0 aliphatic carbocycles. The number of nitrogens with one attached hydrogen (secondary N) is 2. The molecule has 27 heavy (non-hydrogen) atoms. The maximum Gasteiger partial charge on any atom is 0.176 e. The number of halogens is 2.